The Bertz CT molecular complexity index is 869. The van der Waals surface area contributed by atoms with Crippen LogP contribution in [0.5, 0.6) is 0 Å². The SMILES string of the molecule is Cc1[nH]c2ccccc2c1CCNCc1ccc(/C=C/[C@@H](O)NO)cc1. The molecule has 136 valence electrons. The van der Waals surface area contributed by atoms with E-state index in [-0.39, 0.29) is 0 Å². The average Bonchev–Trinajstić information content (AvgIpc) is 2.99. The van der Waals surface area contributed by atoms with Gasteiger partial charge in [0.05, 0.1) is 0 Å². The Kier molecular flexibility index (Phi) is 6.20. The predicted molar refractivity (Wildman–Crippen MR) is 105 cm³/mol. The number of rotatable bonds is 8. The first-order chi connectivity index (χ1) is 12.7. The molecule has 0 spiro atoms. The number of aliphatic hydroxyl groups excluding tert-OH is 1. The Morgan fingerprint density at radius 3 is 2.65 bits per heavy atom. The van der Waals surface area contributed by atoms with Gasteiger partial charge < -0.3 is 20.6 Å². The number of para-hydroxylation sites is 1. The third-order valence-electron chi connectivity index (χ3n) is 4.49. The van der Waals surface area contributed by atoms with E-state index in [1.807, 2.05) is 12.1 Å². The smallest absolute Gasteiger partial charge is 0.146 e. The standard InChI is InChI=1S/C21H25N3O2/c1-15-18(19-4-2-3-5-20(19)23-15)12-13-22-14-17-8-6-16(7-9-17)10-11-21(25)24-26/h2-11,21-26H,12-14H2,1H3/b11-10+/t21-/m1/s1. The maximum atomic E-state index is 9.22. The predicted octanol–water partition coefficient (Wildman–Crippen LogP) is 3.12. The molecule has 1 heterocycles. The number of fused-ring (bicyclic) bond motifs is 1. The van der Waals surface area contributed by atoms with E-state index in [1.165, 1.54) is 33.8 Å². The summed E-state index contributed by atoms with van der Waals surface area (Å²) < 4.78 is 0. The van der Waals surface area contributed by atoms with Crippen LogP contribution in [0.3, 0.4) is 0 Å². The maximum absolute atomic E-state index is 9.22. The molecule has 5 N–H and O–H groups in total. The normalized spacial score (nSPS) is 12.9. The van der Waals surface area contributed by atoms with E-state index in [0.29, 0.717) is 0 Å². The van der Waals surface area contributed by atoms with Crippen molar-refractivity contribution in [2.75, 3.05) is 6.54 Å². The molecule has 3 aromatic rings. The first-order valence-electron chi connectivity index (χ1n) is 8.79. The van der Waals surface area contributed by atoms with Gasteiger partial charge in [-0.1, -0.05) is 48.5 Å². The number of aryl methyl sites for hydroxylation is 1. The molecule has 0 radical (unpaired) electrons. The fraction of sp³-hybridized carbons (Fsp3) is 0.238. The number of hydrogen-bond acceptors (Lipinski definition) is 4. The van der Waals surface area contributed by atoms with E-state index in [4.69, 9.17) is 5.21 Å². The maximum Gasteiger partial charge on any atom is 0.146 e. The first kappa shape index (κ1) is 18.4. The number of hydroxylamine groups is 1. The molecule has 5 nitrogen and oxygen atoms in total. The molecule has 0 fully saturated rings. The lowest BCUT2D eigenvalue weighted by atomic mass is 10.1. The van der Waals surface area contributed by atoms with Crippen LogP contribution in [-0.2, 0) is 13.0 Å². The third kappa shape index (κ3) is 4.59. The van der Waals surface area contributed by atoms with Crippen LogP contribution in [0.15, 0.2) is 54.6 Å². The fourth-order valence-electron chi connectivity index (χ4n) is 3.09. The van der Waals surface area contributed by atoms with Crippen LogP contribution in [0.4, 0.5) is 0 Å². The van der Waals surface area contributed by atoms with E-state index in [9.17, 15) is 5.11 Å². The molecule has 2 aromatic carbocycles. The number of aromatic amines is 1. The van der Waals surface area contributed by atoms with Gasteiger partial charge >= 0.3 is 0 Å². The fourth-order valence-corrected chi connectivity index (χ4v) is 3.09. The zero-order valence-electron chi connectivity index (χ0n) is 14.9. The minimum atomic E-state index is -1.05. The van der Waals surface area contributed by atoms with Gasteiger partial charge in [-0.2, -0.15) is 5.48 Å². The lowest BCUT2D eigenvalue weighted by molar-refractivity contribution is 0.0323. The van der Waals surface area contributed by atoms with Crippen molar-refractivity contribution in [3.63, 3.8) is 0 Å². The van der Waals surface area contributed by atoms with Crippen molar-refractivity contribution in [1.29, 1.82) is 0 Å². The monoisotopic (exact) mass is 351 g/mol. The zero-order valence-corrected chi connectivity index (χ0v) is 14.9. The highest BCUT2D eigenvalue weighted by molar-refractivity contribution is 5.84. The molecular weight excluding hydrogens is 326 g/mol. The molecule has 0 aliphatic carbocycles. The molecular formula is C21H25N3O2. The van der Waals surface area contributed by atoms with E-state index < -0.39 is 6.23 Å². The van der Waals surface area contributed by atoms with Crippen LogP contribution in [0.25, 0.3) is 17.0 Å². The summed E-state index contributed by atoms with van der Waals surface area (Å²) in [5.41, 5.74) is 7.76. The van der Waals surface area contributed by atoms with Crippen molar-refractivity contribution in [3.05, 3.63) is 77.0 Å². The van der Waals surface area contributed by atoms with Gasteiger partial charge in [0.15, 0.2) is 0 Å². The number of aliphatic hydroxyl groups is 1. The molecule has 0 bridgehead atoms. The lowest BCUT2D eigenvalue weighted by Gasteiger charge is -2.06. The number of H-pyrrole nitrogens is 1. The number of benzene rings is 2. The Morgan fingerprint density at radius 1 is 1.12 bits per heavy atom. The topological polar surface area (TPSA) is 80.3 Å². The summed E-state index contributed by atoms with van der Waals surface area (Å²) in [6.07, 6.45) is 3.18. The van der Waals surface area contributed by atoms with Crippen LogP contribution in [0.1, 0.15) is 22.4 Å². The van der Waals surface area contributed by atoms with Gasteiger partial charge in [-0.25, -0.2) is 0 Å². The lowest BCUT2D eigenvalue weighted by Crippen LogP contribution is -2.21. The Labute approximate surface area is 153 Å². The Morgan fingerprint density at radius 2 is 1.88 bits per heavy atom. The van der Waals surface area contributed by atoms with Crippen LogP contribution in [0, 0.1) is 6.92 Å². The van der Waals surface area contributed by atoms with Crippen LogP contribution in [-0.4, -0.2) is 28.1 Å². The van der Waals surface area contributed by atoms with E-state index in [2.05, 4.69) is 53.6 Å². The Hall–Kier alpha value is -2.44. The highest BCUT2D eigenvalue weighted by Crippen LogP contribution is 2.21. The zero-order chi connectivity index (χ0) is 18.4. The van der Waals surface area contributed by atoms with Gasteiger partial charge in [-0.15, -0.1) is 0 Å². The molecule has 1 aromatic heterocycles. The van der Waals surface area contributed by atoms with Crippen molar-refractivity contribution in [3.8, 4) is 0 Å². The molecule has 0 aliphatic heterocycles. The van der Waals surface area contributed by atoms with Gasteiger partial charge in [-0.05, 0) is 48.7 Å². The summed E-state index contributed by atoms with van der Waals surface area (Å²) in [7, 11) is 0. The third-order valence-corrected chi connectivity index (χ3v) is 4.49. The second-order valence-electron chi connectivity index (χ2n) is 6.38. The first-order valence-corrected chi connectivity index (χ1v) is 8.79. The van der Waals surface area contributed by atoms with Gasteiger partial charge in [-0.3, -0.25) is 0 Å². The molecule has 5 heteroatoms. The van der Waals surface area contributed by atoms with Gasteiger partial charge in [0.1, 0.15) is 6.23 Å². The van der Waals surface area contributed by atoms with Crippen LogP contribution in [0.2, 0.25) is 0 Å². The summed E-state index contributed by atoms with van der Waals surface area (Å²) in [5.74, 6) is 0. The molecule has 0 unspecified atom stereocenters. The summed E-state index contributed by atoms with van der Waals surface area (Å²) in [5, 5.41) is 22.6. The molecule has 0 aliphatic rings. The quantitative estimate of drug-likeness (QED) is 0.245. The molecule has 1 atom stereocenters. The highest BCUT2D eigenvalue weighted by atomic mass is 16.5. The van der Waals surface area contributed by atoms with Crippen molar-refractivity contribution >= 4 is 17.0 Å². The number of hydrogen-bond donors (Lipinski definition) is 5. The van der Waals surface area contributed by atoms with Crippen LogP contribution < -0.4 is 10.8 Å². The van der Waals surface area contributed by atoms with Crippen LogP contribution >= 0.6 is 0 Å². The van der Waals surface area contributed by atoms with Crippen molar-refractivity contribution in [1.82, 2.24) is 15.8 Å². The largest absolute Gasteiger partial charge is 0.373 e. The Balaban J connectivity index is 1.50. The summed E-state index contributed by atoms with van der Waals surface area (Å²) in [6, 6.07) is 16.5. The molecule has 26 heavy (non-hydrogen) atoms. The summed E-state index contributed by atoms with van der Waals surface area (Å²) in [6.45, 7) is 3.86. The molecule has 0 saturated heterocycles. The van der Waals surface area contributed by atoms with Crippen molar-refractivity contribution in [2.45, 2.75) is 26.1 Å². The molecule has 0 saturated carbocycles. The molecule has 0 amide bonds. The van der Waals surface area contributed by atoms with Gasteiger partial charge in [0, 0.05) is 23.1 Å². The second kappa shape index (κ2) is 8.78. The molecule has 3 rings (SSSR count). The minimum absolute atomic E-state index is 0.812. The van der Waals surface area contributed by atoms with Gasteiger partial charge in [0.25, 0.3) is 0 Å². The second-order valence-corrected chi connectivity index (χ2v) is 6.38. The minimum Gasteiger partial charge on any atom is -0.373 e. The van der Waals surface area contributed by atoms with E-state index in [0.717, 1.165) is 25.1 Å². The summed E-state index contributed by atoms with van der Waals surface area (Å²) in [4.78, 5) is 3.44. The number of nitrogens with one attached hydrogen (secondary N) is 3. The van der Waals surface area contributed by atoms with Crippen molar-refractivity contribution < 1.29 is 10.3 Å². The highest BCUT2D eigenvalue weighted by Gasteiger charge is 2.07. The average molecular weight is 351 g/mol. The van der Waals surface area contributed by atoms with E-state index >= 15 is 0 Å². The number of aromatic nitrogens is 1. The van der Waals surface area contributed by atoms with Crippen molar-refractivity contribution in [2.24, 2.45) is 0 Å². The van der Waals surface area contributed by atoms with Gasteiger partial charge in [0.2, 0.25) is 0 Å². The van der Waals surface area contributed by atoms with E-state index in [1.54, 1.807) is 11.6 Å². The summed E-state index contributed by atoms with van der Waals surface area (Å²) >= 11 is 0.